The second kappa shape index (κ2) is 7.62. The summed E-state index contributed by atoms with van der Waals surface area (Å²) in [5.74, 6) is 1.91. The second-order valence-electron chi connectivity index (χ2n) is 7.63. The molecule has 146 valence electrons. The van der Waals surface area contributed by atoms with E-state index in [1.807, 2.05) is 44.0 Å². The summed E-state index contributed by atoms with van der Waals surface area (Å²) in [4.78, 5) is 25.9. The highest BCUT2D eigenvalue weighted by Crippen LogP contribution is 2.33. The summed E-state index contributed by atoms with van der Waals surface area (Å²) in [6.45, 7) is 6.18. The van der Waals surface area contributed by atoms with Crippen LogP contribution in [0, 0.1) is 19.8 Å². The molecule has 0 saturated carbocycles. The first kappa shape index (κ1) is 18.5. The van der Waals surface area contributed by atoms with Gasteiger partial charge in [-0.05, 0) is 32.3 Å². The van der Waals surface area contributed by atoms with E-state index in [0.717, 1.165) is 47.5 Å². The molecular weight excluding hydrogens is 352 g/mol. The van der Waals surface area contributed by atoms with Crippen LogP contribution >= 0.6 is 0 Å². The normalized spacial score (nSPS) is 17.1. The zero-order valence-corrected chi connectivity index (χ0v) is 16.7. The van der Waals surface area contributed by atoms with Crippen molar-refractivity contribution in [2.75, 3.05) is 25.0 Å². The molecular formula is C22H26N4O2. The molecule has 1 fully saturated rings. The van der Waals surface area contributed by atoms with Gasteiger partial charge in [-0.15, -0.1) is 0 Å². The van der Waals surface area contributed by atoms with Crippen LogP contribution in [0.25, 0.3) is 11.1 Å². The maximum absolute atomic E-state index is 13.1. The molecule has 1 amide bonds. The summed E-state index contributed by atoms with van der Waals surface area (Å²) in [5.41, 5.74) is 2.84. The Labute approximate surface area is 165 Å². The molecule has 4 rings (SSSR count). The lowest BCUT2D eigenvalue weighted by molar-refractivity contribution is -0.135. The topological polar surface area (TPSA) is 62.5 Å². The SMILES string of the molecule is Cc1oc2ncnc(N3CCC[C@@H](C(=O)N(C)Cc4ccccc4)C3)c2c1C. The maximum atomic E-state index is 13.1. The van der Waals surface area contributed by atoms with Crippen molar-refractivity contribution in [3.63, 3.8) is 0 Å². The monoisotopic (exact) mass is 378 g/mol. The van der Waals surface area contributed by atoms with Crippen molar-refractivity contribution in [3.05, 3.63) is 53.5 Å². The minimum absolute atomic E-state index is 0.0271. The number of piperidine rings is 1. The summed E-state index contributed by atoms with van der Waals surface area (Å²) in [7, 11) is 1.89. The first-order valence-electron chi connectivity index (χ1n) is 9.79. The lowest BCUT2D eigenvalue weighted by Crippen LogP contribution is -2.43. The molecule has 6 nitrogen and oxygen atoms in total. The van der Waals surface area contributed by atoms with Crippen molar-refractivity contribution in [2.24, 2.45) is 5.92 Å². The quantitative estimate of drug-likeness (QED) is 0.692. The molecule has 0 radical (unpaired) electrons. The molecule has 2 aromatic heterocycles. The Hall–Kier alpha value is -2.89. The third-order valence-electron chi connectivity index (χ3n) is 5.65. The van der Waals surface area contributed by atoms with Crippen molar-refractivity contribution in [2.45, 2.75) is 33.2 Å². The van der Waals surface area contributed by atoms with E-state index in [2.05, 4.69) is 27.0 Å². The van der Waals surface area contributed by atoms with Gasteiger partial charge in [0.2, 0.25) is 11.6 Å². The number of aromatic nitrogens is 2. The lowest BCUT2D eigenvalue weighted by atomic mass is 9.96. The van der Waals surface area contributed by atoms with Gasteiger partial charge in [-0.25, -0.2) is 9.97 Å². The Morgan fingerprint density at radius 1 is 1.25 bits per heavy atom. The standard InChI is InChI=1S/C22H26N4O2/c1-15-16(2)28-21-19(15)20(23-14-24-21)26-11-7-10-18(13-26)22(27)25(3)12-17-8-5-4-6-9-17/h4-6,8-9,14,18H,7,10-13H2,1-3H3/t18-/m1/s1. The number of benzene rings is 1. The fraction of sp³-hybridized carbons (Fsp3) is 0.409. The third-order valence-corrected chi connectivity index (χ3v) is 5.65. The van der Waals surface area contributed by atoms with Crippen molar-refractivity contribution in [1.82, 2.24) is 14.9 Å². The number of rotatable bonds is 4. The van der Waals surface area contributed by atoms with Gasteiger partial charge in [-0.2, -0.15) is 0 Å². The largest absolute Gasteiger partial charge is 0.443 e. The molecule has 6 heteroatoms. The smallest absolute Gasteiger partial charge is 0.231 e. The molecule has 1 aliphatic heterocycles. The van der Waals surface area contributed by atoms with Gasteiger partial charge in [0.1, 0.15) is 17.9 Å². The molecule has 1 aromatic carbocycles. The number of hydrogen-bond donors (Lipinski definition) is 0. The van der Waals surface area contributed by atoms with Crippen LogP contribution in [0.5, 0.6) is 0 Å². The number of hydrogen-bond acceptors (Lipinski definition) is 5. The predicted octanol–water partition coefficient (Wildman–Crippen LogP) is 3.71. The third kappa shape index (κ3) is 3.46. The van der Waals surface area contributed by atoms with Crippen LogP contribution in [0.15, 0.2) is 41.1 Å². The first-order valence-corrected chi connectivity index (χ1v) is 9.79. The summed E-state index contributed by atoms with van der Waals surface area (Å²) >= 11 is 0. The van der Waals surface area contributed by atoms with Gasteiger partial charge in [0.15, 0.2) is 0 Å². The minimum Gasteiger partial charge on any atom is -0.443 e. The van der Waals surface area contributed by atoms with Crippen molar-refractivity contribution < 1.29 is 9.21 Å². The Kier molecular flexibility index (Phi) is 5.03. The number of fused-ring (bicyclic) bond motifs is 1. The van der Waals surface area contributed by atoms with Crippen LogP contribution in [0.1, 0.15) is 29.7 Å². The zero-order chi connectivity index (χ0) is 19.7. The van der Waals surface area contributed by atoms with E-state index in [-0.39, 0.29) is 11.8 Å². The number of anilines is 1. The van der Waals surface area contributed by atoms with E-state index in [1.165, 1.54) is 0 Å². The molecule has 0 unspecified atom stereocenters. The van der Waals surface area contributed by atoms with Gasteiger partial charge in [0.05, 0.1) is 11.3 Å². The van der Waals surface area contributed by atoms with E-state index in [9.17, 15) is 4.79 Å². The van der Waals surface area contributed by atoms with Gasteiger partial charge < -0.3 is 14.2 Å². The van der Waals surface area contributed by atoms with Gasteiger partial charge in [-0.3, -0.25) is 4.79 Å². The van der Waals surface area contributed by atoms with Gasteiger partial charge in [0, 0.05) is 32.2 Å². The number of amides is 1. The Bertz CT molecular complexity index is 983. The van der Waals surface area contributed by atoms with Crippen molar-refractivity contribution >= 4 is 22.8 Å². The van der Waals surface area contributed by atoms with Crippen LogP contribution in [0.2, 0.25) is 0 Å². The summed E-state index contributed by atoms with van der Waals surface area (Å²) in [5, 5.41) is 0.964. The Balaban J connectivity index is 1.53. The second-order valence-corrected chi connectivity index (χ2v) is 7.63. The Morgan fingerprint density at radius 3 is 2.82 bits per heavy atom. The Morgan fingerprint density at radius 2 is 2.04 bits per heavy atom. The van der Waals surface area contributed by atoms with E-state index < -0.39 is 0 Å². The molecule has 3 heterocycles. The average Bonchev–Trinajstić information content (AvgIpc) is 3.02. The van der Waals surface area contributed by atoms with E-state index in [0.29, 0.717) is 18.8 Å². The molecule has 0 aliphatic carbocycles. The number of carbonyl (C=O) groups excluding carboxylic acids is 1. The molecule has 1 aliphatic rings. The average molecular weight is 378 g/mol. The van der Waals surface area contributed by atoms with E-state index >= 15 is 0 Å². The molecule has 0 N–H and O–H groups in total. The fourth-order valence-electron chi connectivity index (χ4n) is 4.02. The highest BCUT2D eigenvalue weighted by Gasteiger charge is 2.30. The van der Waals surface area contributed by atoms with Crippen LogP contribution in [-0.4, -0.2) is 40.9 Å². The summed E-state index contributed by atoms with van der Waals surface area (Å²) < 4.78 is 5.76. The summed E-state index contributed by atoms with van der Waals surface area (Å²) in [6.07, 6.45) is 3.43. The lowest BCUT2D eigenvalue weighted by Gasteiger charge is -2.35. The highest BCUT2D eigenvalue weighted by atomic mass is 16.3. The number of carbonyl (C=O) groups is 1. The molecule has 0 bridgehead atoms. The molecule has 1 saturated heterocycles. The summed E-state index contributed by atoms with van der Waals surface area (Å²) in [6, 6.07) is 10.1. The van der Waals surface area contributed by atoms with Gasteiger partial charge in [0.25, 0.3) is 0 Å². The predicted molar refractivity (Wildman–Crippen MR) is 109 cm³/mol. The maximum Gasteiger partial charge on any atom is 0.231 e. The van der Waals surface area contributed by atoms with Crippen LogP contribution in [0.4, 0.5) is 5.82 Å². The van der Waals surface area contributed by atoms with Gasteiger partial charge in [-0.1, -0.05) is 30.3 Å². The van der Waals surface area contributed by atoms with Crippen molar-refractivity contribution in [3.8, 4) is 0 Å². The van der Waals surface area contributed by atoms with Crippen molar-refractivity contribution in [1.29, 1.82) is 0 Å². The minimum atomic E-state index is -0.0271. The zero-order valence-electron chi connectivity index (χ0n) is 16.7. The first-order chi connectivity index (χ1) is 13.5. The van der Waals surface area contributed by atoms with Crippen LogP contribution in [0.3, 0.4) is 0 Å². The molecule has 28 heavy (non-hydrogen) atoms. The molecule has 0 spiro atoms. The van der Waals surface area contributed by atoms with E-state index in [1.54, 1.807) is 6.33 Å². The van der Waals surface area contributed by atoms with E-state index in [4.69, 9.17) is 4.42 Å². The van der Waals surface area contributed by atoms with Crippen LogP contribution in [-0.2, 0) is 11.3 Å². The van der Waals surface area contributed by atoms with Gasteiger partial charge >= 0.3 is 0 Å². The molecule has 1 atom stereocenters. The number of furan rings is 1. The molecule has 3 aromatic rings. The number of nitrogens with zero attached hydrogens (tertiary/aromatic N) is 4. The highest BCUT2D eigenvalue weighted by molar-refractivity contribution is 5.90. The van der Waals surface area contributed by atoms with Crippen LogP contribution < -0.4 is 4.90 Å². The number of aryl methyl sites for hydroxylation is 2. The fourth-order valence-corrected chi connectivity index (χ4v) is 4.02.